The maximum atomic E-state index is 11.7. The summed E-state index contributed by atoms with van der Waals surface area (Å²) in [6.07, 6.45) is 0. The molecule has 0 unspecified atom stereocenters. The van der Waals surface area contributed by atoms with E-state index in [1.54, 1.807) is 0 Å². The molecule has 0 saturated carbocycles. The highest BCUT2D eigenvalue weighted by atomic mass is 16.2. The molecule has 1 saturated heterocycles. The van der Waals surface area contributed by atoms with E-state index in [-0.39, 0.29) is 11.6 Å². The minimum Gasteiger partial charge on any atom is -0.360 e. The minimum atomic E-state index is -0.245. The number of para-hydroxylation sites is 1. The molecule has 0 aliphatic carbocycles. The van der Waals surface area contributed by atoms with E-state index in [4.69, 9.17) is 0 Å². The maximum absolute atomic E-state index is 11.7. The highest BCUT2D eigenvalue weighted by Crippen LogP contribution is 2.26. The Balaban J connectivity index is 2.04. The molecule has 4 nitrogen and oxygen atoms in total. The van der Waals surface area contributed by atoms with Gasteiger partial charge >= 0.3 is 0 Å². The van der Waals surface area contributed by atoms with E-state index in [9.17, 15) is 4.79 Å². The van der Waals surface area contributed by atoms with Gasteiger partial charge in [-0.3, -0.25) is 4.79 Å². The molecule has 72 valence electrons. The Bertz CT molecular complexity index is 398. The van der Waals surface area contributed by atoms with Crippen LogP contribution in [0.2, 0.25) is 0 Å². The maximum Gasteiger partial charge on any atom is 0.255 e. The number of rotatable bonds is 0. The zero-order chi connectivity index (χ0) is 9.60. The highest BCUT2D eigenvalue weighted by molar-refractivity contribution is 6.02. The largest absolute Gasteiger partial charge is 0.360 e. The van der Waals surface area contributed by atoms with Crippen LogP contribution in [0, 0.1) is 0 Å². The van der Waals surface area contributed by atoms with Crippen LogP contribution in [-0.2, 0) is 0 Å². The smallest absolute Gasteiger partial charge is 0.255 e. The number of hydrogen-bond acceptors (Lipinski definition) is 3. The lowest BCUT2D eigenvalue weighted by Crippen LogP contribution is -2.74. The van der Waals surface area contributed by atoms with Crippen LogP contribution in [-0.4, -0.2) is 24.7 Å². The number of carbonyl (C=O) groups excluding carboxylic acids is 1. The van der Waals surface area contributed by atoms with Gasteiger partial charge in [-0.05, 0) is 12.1 Å². The van der Waals surface area contributed by atoms with Crippen molar-refractivity contribution < 1.29 is 4.79 Å². The van der Waals surface area contributed by atoms with Crippen LogP contribution in [0.1, 0.15) is 10.4 Å². The summed E-state index contributed by atoms with van der Waals surface area (Å²) in [6.45, 7) is 1.57. The van der Waals surface area contributed by atoms with Crippen molar-refractivity contribution in [1.82, 2.24) is 10.6 Å². The summed E-state index contributed by atoms with van der Waals surface area (Å²) in [4.78, 5) is 11.7. The van der Waals surface area contributed by atoms with Crippen LogP contribution in [0.4, 0.5) is 5.69 Å². The molecule has 1 spiro atoms. The fraction of sp³-hybridized carbons (Fsp3) is 0.300. The normalized spacial score (nSPS) is 21.9. The van der Waals surface area contributed by atoms with E-state index in [0.717, 1.165) is 24.3 Å². The minimum absolute atomic E-state index is 0.0147. The SMILES string of the molecule is O=C1NC2(CNC2)Nc2ccccc21. The van der Waals surface area contributed by atoms with Gasteiger partial charge < -0.3 is 16.0 Å². The Morgan fingerprint density at radius 1 is 1.14 bits per heavy atom. The Hall–Kier alpha value is -1.55. The Labute approximate surface area is 81.7 Å². The van der Waals surface area contributed by atoms with Crippen molar-refractivity contribution in [2.45, 2.75) is 5.66 Å². The second-order valence-corrected chi connectivity index (χ2v) is 3.81. The molecule has 4 heteroatoms. The third-order valence-corrected chi connectivity index (χ3v) is 2.75. The topological polar surface area (TPSA) is 53.2 Å². The number of nitrogens with one attached hydrogen (secondary N) is 3. The monoisotopic (exact) mass is 189 g/mol. The average Bonchev–Trinajstić information content (AvgIpc) is 2.15. The van der Waals surface area contributed by atoms with Crippen LogP contribution in [0.5, 0.6) is 0 Å². The molecule has 14 heavy (non-hydrogen) atoms. The summed E-state index contributed by atoms with van der Waals surface area (Å²) in [5, 5.41) is 9.46. The molecule has 3 N–H and O–H groups in total. The Kier molecular flexibility index (Phi) is 1.39. The molecular formula is C10H11N3O. The van der Waals surface area contributed by atoms with Gasteiger partial charge in [-0.2, -0.15) is 0 Å². The lowest BCUT2D eigenvalue weighted by atomic mass is 9.97. The fourth-order valence-electron chi connectivity index (χ4n) is 1.92. The van der Waals surface area contributed by atoms with Gasteiger partial charge in [-0.25, -0.2) is 0 Å². The zero-order valence-electron chi connectivity index (χ0n) is 7.63. The van der Waals surface area contributed by atoms with Crippen LogP contribution in [0.25, 0.3) is 0 Å². The lowest BCUT2D eigenvalue weighted by Gasteiger charge is -2.47. The zero-order valence-corrected chi connectivity index (χ0v) is 7.63. The molecule has 1 fully saturated rings. The summed E-state index contributed by atoms with van der Waals surface area (Å²) in [7, 11) is 0. The summed E-state index contributed by atoms with van der Waals surface area (Å²) in [5.74, 6) is 0.0147. The summed E-state index contributed by atoms with van der Waals surface area (Å²) in [6, 6.07) is 7.58. The third-order valence-electron chi connectivity index (χ3n) is 2.75. The first-order valence-electron chi connectivity index (χ1n) is 4.70. The average molecular weight is 189 g/mol. The number of benzene rings is 1. The molecule has 2 aliphatic heterocycles. The quantitative estimate of drug-likeness (QED) is 0.544. The predicted octanol–water partition coefficient (Wildman–Crippen LogP) is 0.141. The van der Waals surface area contributed by atoms with E-state index in [1.807, 2.05) is 24.3 Å². The molecule has 0 radical (unpaired) electrons. The number of anilines is 1. The van der Waals surface area contributed by atoms with Gasteiger partial charge in [-0.1, -0.05) is 12.1 Å². The van der Waals surface area contributed by atoms with Gasteiger partial charge in [0.1, 0.15) is 5.66 Å². The lowest BCUT2D eigenvalue weighted by molar-refractivity contribution is 0.0866. The van der Waals surface area contributed by atoms with Gasteiger partial charge in [0.05, 0.1) is 5.56 Å². The molecule has 0 atom stereocenters. The summed E-state index contributed by atoms with van der Waals surface area (Å²) >= 11 is 0. The van der Waals surface area contributed by atoms with Crippen molar-refractivity contribution in [2.75, 3.05) is 18.4 Å². The van der Waals surface area contributed by atoms with Gasteiger partial charge in [0.15, 0.2) is 0 Å². The van der Waals surface area contributed by atoms with Crippen molar-refractivity contribution >= 4 is 11.6 Å². The van der Waals surface area contributed by atoms with Crippen LogP contribution in [0.3, 0.4) is 0 Å². The molecule has 0 aromatic heterocycles. The number of carbonyl (C=O) groups is 1. The Morgan fingerprint density at radius 2 is 1.93 bits per heavy atom. The van der Waals surface area contributed by atoms with E-state index in [1.165, 1.54) is 0 Å². The highest BCUT2D eigenvalue weighted by Gasteiger charge is 2.42. The van der Waals surface area contributed by atoms with Gasteiger partial charge in [-0.15, -0.1) is 0 Å². The van der Waals surface area contributed by atoms with E-state index >= 15 is 0 Å². The van der Waals surface area contributed by atoms with Gasteiger partial charge in [0, 0.05) is 18.8 Å². The number of amides is 1. The van der Waals surface area contributed by atoms with Crippen LogP contribution < -0.4 is 16.0 Å². The van der Waals surface area contributed by atoms with E-state index in [2.05, 4.69) is 16.0 Å². The van der Waals surface area contributed by atoms with Crippen molar-refractivity contribution in [2.24, 2.45) is 0 Å². The number of hydrogen-bond donors (Lipinski definition) is 3. The molecule has 1 aromatic carbocycles. The van der Waals surface area contributed by atoms with Crippen LogP contribution in [0.15, 0.2) is 24.3 Å². The fourth-order valence-corrected chi connectivity index (χ4v) is 1.92. The first-order chi connectivity index (χ1) is 6.79. The molecule has 2 heterocycles. The van der Waals surface area contributed by atoms with Gasteiger partial charge in [0.25, 0.3) is 5.91 Å². The second kappa shape index (κ2) is 2.48. The first kappa shape index (κ1) is 7.82. The standard InChI is InChI=1S/C10H11N3O/c14-9-7-3-1-2-4-8(7)12-10(13-9)5-11-6-10/h1-4,11-12H,5-6H2,(H,13,14). The molecule has 1 amide bonds. The van der Waals surface area contributed by atoms with Crippen molar-refractivity contribution in [1.29, 1.82) is 0 Å². The van der Waals surface area contributed by atoms with Crippen molar-refractivity contribution in [3.05, 3.63) is 29.8 Å². The van der Waals surface area contributed by atoms with Crippen molar-refractivity contribution in [3.8, 4) is 0 Å². The second-order valence-electron chi connectivity index (χ2n) is 3.81. The molecule has 3 rings (SSSR count). The van der Waals surface area contributed by atoms with E-state index < -0.39 is 0 Å². The predicted molar refractivity (Wildman–Crippen MR) is 53.1 cm³/mol. The van der Waals surface area contributed by atoms with Gasteiger partial charge in [0.2, 0.25) is 0 Å². The summed E-state index contributed by atoms with van der Waals surface area (Å²) < 4.78 is 0. The third kappa shape index (κ3) is 0.943. The molecule has 2 aliphatic rings. The van der Waals surface area contributed by atoms with Crippen LogP contribution >= 0.6 is 0 Å². The Morgan fingerprint density at radius 3 is 2.64 bits per heavy atom. The first-order valence-corrected chi connectivity index (χ1v) is 4.70. The molecule has 0 bridgehead atoms. The van der Waals surface area contributed by atoms with E-state index in [0.29, 0.717) is 0 Å². The van der Waals surface area contributed by atoms with Crippen molar-refractivity contribution in [3.63, 3.8) is 0 Å². The number of fused-ring (bicyclic) bond motifs is 1. The molecular weight excluding hydrogens is 178 g/mol. The molecule has 1 aromatic rings. The summed E-state index contributed by atoms with van der Waals surface area (Å²) in [5.41, 5.74) is 1.41.